The van der Waals surface area contributed by atoms with E-state index in [1.165, 1.54) is 0 Å². The number of benzene rings is 3. The molecule has 0 saturated heterocycles. The Bertz CT molecular complexity index is 1120. The number of ether oxygens (including phenoxy) is 1. The molecular formula is C24H22N4O3. The molecular weight excluding hydrogens is 392 g/mol. The van der Waals surface area contributed by atoms with E-state index in [2.05, 4.69) is 20.8 Å². The fourth-order valence-corrected chi connectivity index (χ4v) is 2.94. The summed E-state index contributed by atoms with van der Waals surface area (Å²) >= 11 is 0. The molecule has 0 atom stereocenters. The van der Waals surface area contributed by atoms with Crippen LogP contribution in [0.25, 0.3) is 11.5 Å². The van der Waals surface area contributed by atoms with Crippen LogP contribution in [0.1, 0.15) is 23.2 Å². The average Bonchev–Trinajstić information content (AvgIpc) is 3.29. The fraction of sp³-hybridized carbons (Fsp3) is 0.125. The van der Waals surface area contributed by atoms with Crippen LogP contribution in [0, 0.1) is 0 Å². The number of carbonyl (C=O) groups is 1. The Kier molecular flexibility index (Phi) is 6.23. The number of rotatable bonds is 8. The van der Waals surface area contributed by atoms with Gasteiger partial charge in [-0.3, -0.25) is 4.79 Å². The third-order valence-corrected chi connectivity index (χ3v) is 4.50. The first-order chi connectivity index (χ1) is 15.2. The highest BCUT2D eigenvalue weighted by Crippen LogP contribution is 2.19. The average molecular weight is 414 g/mol. The molecule has 7 nitrogen and oxygen atoms in total. The molecule has 0 aliphatic heterocycles. The molecule has 31 heavy (non-hydrogen) atoms. The number of anilines is 2. The van der Waals surface area contributed by atoms with E-state index in [-0.39, 0.29) is 5.91 Å². The van der Waals surface area contributed by atoms with Gasteiger partial charge in [0.2, 0.25) is 11.8 Å². The lowest BCUT2D eigenvalue weighted by molar-refractivity contribution is 0.102. The van der Waals surface area contributed by atoms with Gasteiger partial charge >= 0.3 is 0 Å². The van der Waals surface area contributed by atoms with E-state index in [4.69, 9.17) is 9.15 Å². The van der Waals surface area contributed by atoms with Gasteiger partial charge in [0.05, 0.1) is 13.2 Å². The lowest BCUT2D eigenvalue weighted by atomic mass is 10.2. The zero-order valence-corrected chi connectivity index (χ0v) is 17.0. The van der Waals surface area contributed by atoms with Crippen LogP contribution < -0.4 is 15.4 Å². The lowest BCUT2D eigenvalue weighted by Crippen LogP contribution is -2.11. The quantitative estimate of drug-likeness (QED) is 0.422. The topological polar surface area (TPSA) is 89.3 Å². The van der Waals surface area contributed by atoms with Crippen molar-refractivity contribution in [2.45, 2.75) is 13.5 Å². The van der Waals surface area contributed by atoms with Crippen molar-refractivity contribution in [3.63, 3.8) is 0 Å². The van der Waals surface area contributed by atoms with Gasteiger partial charge in [-0.1, -0.05) is 18.2 Å². The van der Waals surface area contributed by atoms with E-state index in [1.54, 1.807) is 12.1 Å². The van der Waals surface area contributed by atoms with Crippen molar-refractivity contribution in [2.75, 3.05) is 17.2 Å². The Morgan fingerprint density at radius 1 is 0.903 bits per heavy atom. The monoisotopic (exact) mass is 414 g/mol. The predicted molar refractivity (Wildman–Crippen MR) is 119 cm³/mol. The Morgan fingerprint density at radius 3 is 2.32 bits per heavy atom. The van der Waals surface area contributed by atoms with E-state index >= 15 is 0 Å². The number of carbonyl (C=O) groups excluding carboxylic acids is 1. The molecule has 3 aromatic carbocycles. The normalized spacial score (nSPS) is 10.5. The van der Waals surface area contributed by atoms with Crippen molar-refractivity contribution < 1.29 is 13.9 Å². The molecule has 1 aromatic heterocycles. The number of nitrogens with zero attached hydrogens (tertiary/aromatic N) is 2. The molecule has 0 radical (unpaired) electrons. The first-order valence-corrected chi connectivity index (χ1v) is 9.97. The molecule has 0 spiro atoms. The predicted octanol–water partition coefficient (Wildman–Crippen LogP) is 5.00. The molecule has 4 rings (SSSR count). The third-order valence-electron chi connectivity index (χ3n) is 4.50. The summed E-state index contributed by atoms with van der Waals surface area (Å²) in [6.07, 6.45) is 0. The maximum Gasteiger partial charge on any atom is 0.255 e. The largest absolute Gasteiger partial charge is 0.494 e. The van der Waals surface area contributed by atoms with Gasteiger partial charge < -0.3 is 19.8 Å². The molecule has 0 saturated carbocycles. The summed E-state index contributed by atoms with van der Waals surface area (Å²) in [7, 11) is 0. The molecule has 1 amide bonds. The highest BCUT2D eigenvalue weighted by molar-refractivity contribution is 6.04. The second-order valence-electron chi connectivity index (χ2n) is 6.71. The summed E-state index contributed by atoms with van der Waals surface area (Å²) in [6.45, 7) is 2.92. The van der Waals surface area contributed by atoms with Crippen LogP contribution in [0.5, 0.6) is 5.75 Å². The first kappa shape index (κ1) is 20.2. The summed E-state index contributed by atoms with van der Waals surface area (Å²) < 4.78 is 11.1. The Balaban J connectivity index is 1.32. The van der Waals surface area contributed by atoms with Gasteiger partial charge in [0.25, 0.3) is 5.91 Å². The fourth-order valence-electron chi connectivity index (χ4n) is 2.94. The summed E-state index contributed by atoms with van der Waals surface area (Å²) in [6, 6.07) is 24.1. The Morgan fingerprint density at radius 2 is 1.61 bits per heavy atom. The maximum absolute atomic E-state index is 12.5. The molecule has 7 heteroatoms. The molecule has 0 aliphatic carbocycles. The Hall–Kier alpha value is -4.13. The van der Waals surface area contributed by atoms with Crippen molar-refractivity contribution in [3.05, 3.63) is 90.3 Å². The van der Waals surface area contributed by atoms with Crippen molar-refractivity contribution in [1.82, 2.24) is 10.2 Å². The zero-order chi connectivity index (χ0) is 21.5. The zero-order valence-electron chi connectivity index (χ0n) is 17.0. The highest BCUT2D eigenvalue weighted by Gasteiger charge is 2.09. The van der Waals surface area contributed by atoms with Crippen LogP contribution in [-0.2, 0) is 6.54 Å². The summed E-state index contributed by atoms with van der Waals surface area (Å²) in [4.78, 5) is 12.5. The van der Waals surface area contributed by atoms with Crippen LogP contribution in [0.2, 0.25) is 0 Å². The number of aromatic nitrogens is 2. The molecule has 4 aromatic rings. The Labute approximate surface area is 180 Å². The van der Waals surface area contributed by atoms with E-state index in [0.717, 1.165) is 17.0 Å². The first-order valence-electron chi connectivity index (χ1n) is 9.97. The van der Waals surface area contributed by atoms with Crippen LogP contribution in [0.15, 0.2) is 83.3 Å². The number of hydrogen-bond donors (Lipinski definition) is 2. The summed E-state index contributed by atoms with van der Waals surface area (Å²) in [5, 5.41) is 14.2. The van der Waals surface area contributed by atoms with Gasteiger partial charge in [-0.2, -0.15) is 0 Å². The maximum atomic E-state index is 12.5. The van der Waals surface area contributed by atoms with Gasteiger partial charge in [0, 0.05) is 22.5 Å². The molecule has 156 valence electrons. The van der Waals surface area contributed by atoms with Crippen molar-refractivity contribution in [1.29, 1.82) is 0 Å². The van der Waals surface area contributed by atoms with Gasteiger partial charge in [-0.25, -0.2) is 0 Å². The molecule has 2 N–H and O–H groups in total. The number of amides is 1. The molecule has 0 fully saturated rings. The highest BCUT2D eigenvalue weighted by atomic mass is 16.5. The van der Waals surface area contributed by atoms with E-state index in [9.17, 15) is 4.79 Å². The molecule has 0 bridgehead atoms. The van der Waals surface area contributed by atoms with Gasteiger partial charge in [0.1, 0.15) is 5.75 Å². The minimum atomic E-state index is -0.180. The van der Waals surface area contributed by atoms with Crippen molar-refractivity contribution in [3.8, 4) is 17.2 Å². The van der Waals surface area contributed by atoms with Crippen LogP contribution in [-0.4, -0.2) is 22.7 Å². The van der Waals surface area contributed by atoms with Gasteiger partial charge in [0.15, 0.2) is 0 Å². The standard InChI is InChI=1S/C24H22N4O3/c1-2-30-21-14-12-20(13-15-21)26-23(29)17-8-10-19(11-9-17)25-16-22-27-28-24(31-22)18-6-4-3-5-7-18/h3-15,25H,2,16H2,1H3,(H,26,29). The lowest BCUT2D eigenvalue weighted by Gasteiger charge is -2.08. The van der Waals surface area contributed by atoms with E-state index < -0.39 is 0 Å². The van der Waals surface area contributed by atoms with Crippen LogP contribution in [0.3, 0.4) is 0 Å². The van der Waals surface area contributed by atoms with Crippen LogP contribution in [0.4, 0.5) is 11.4 Å². The van der Waals surface area contributed by atoms with Gasteiger partial charge in [-0.15, -0.1) is 10.2 Å². The third kappa shape index (κ3) is 5.27. The van der Waals surface area contributed by atoms with Crippen molar-refractivity contribution in [2.24, 2.45) is 0 Å². The number of nitrogens with one attached hydrogen (secondary N) is 2. The molecule has 0 aliphatic rings. The second kappa shape index (κ2) is 9.58. The minimum absolute atomic E-state index is 0.180. The smallest absolute Gasteiger partial charge is 0.255 e. The van der Waals surface area contributed by atoms with E-state index in [0.29, 0.717) is 36.2 Å². The van der Waals surface area contributed by atoms with Gasteiger partial charge in [-0.05, 0) is 67.6 Å². The van der Waals surface area contributed by atoms with E-state index in [1.807, 2.05) is 73.7 Å². The van der Waals surface area contributed by atoms with Crippen LogP contribution >= 0.6 is 0 Å². The SMILES string of the molecule is CCOc1ccc(NC(=O)c2ccc(NCc3nnc(-c4ccccc4)o3)cc2)cc1. The second-order valence-corrected chi connectivity index (χ2v) is 6.71. The van der Waals surface area contributed by atoms with Crippen molar-refractivity contribution >= 4 is 17.3 Å². The molecule has 1 heterocycles. The molecule has 0 unspecified atom stereocenters. The minimum Gasteiger partial charge on any atom is -0.494 e. The number of hydrogen-bond acceptors (Lipinski definition) is 6. The summed E-state index contributed by atoms with van der Waals surface area (Å²) in [5.41, 5.74) is 2.99. The summed E-state index contributed by atoms with van der Waals surface area (Å²) in [5.74, 6) is 1.56.